The standard InChI is InChI=1S/C32H48O5/c1-21(18-23(3)12-14-29-25(5)13-15-30(34)37-29)10-9-11-22(2)19-26(6)31(35)28(8)32(36)27(7)20-24(4)16-17-33/h9,11-16,18-19,21,25-29,32-33,36H,10,17,20H2,1-8H3/b11-9+,14-12+,22-19+,23-18+,24-16+. The minimum Gasteiger partial charge on any atom is -0.454 e. The maximum atomic E-state index is 12.9. The van der Waals surface area contributed by atoms with E-state index in [1.54, 1.807) is 13.0 Å². The highest BCUT2D eigenvalue weighted by molar-refractivity contribution is 5.85. The number of aliphatic hydroxyl groups is 2. The van der Waals surface area contributed by atoms with Gasteiger partial charge in [-0.05, 0) is 51.5 Å². The van der Waals surface area contributed by atoms with Crippen LogP contribution in [0.2, 0.25) is 0 Å². The number of cyclic esters (lactones) is 1. The van der Waals surface area contributed by atoms with Gasteiger partial charge in [-0.25, -0.2) is 4.79 Å². The summed E-state index contributed by atoms with van der Waals surface area (Å²) in [5.41, 5.74) is 3.15. The predicted molar refractivity (Wildman–Crippen MR) is 152 cm³/mol. The van der Waals surface area contributed by atoms with Gasteiger partial charge in [0, 0.05) is 23.8 Å². The average Bonchev–Trinajstić information content (AvgIpc) is 2.83. The summed E-state index contributed by atoms with van der Waals surface area (Å²) in [6, 6.07) is 0. The Morgan fingerprint density at radius 3 is 2.38 bits per heavy atom. The molecule has 0 aromatic rings. The second-order valence-electron chi connectivity index (χ2n) is 10.8. The van der Waals surface area contributed by atoms with Gasteiger partial charge in [0.25, 0.3) is 0 Å². The lowest BCUT2D eigenvalue weighted by molar-refractivity contribution is -0.143. The summed E-state index contributed by atoms with van der Waals surface area (Å²) in [7, 11) is 0. The van der Waals surface area contributed by atoms with Gasteiger partial charge in [-0.1, -0.05) is 93.9 Å². The molecule has 0 bridgehead atoms. The molecule has 1 rings (SSSR count). The summed E-state index contributed by atoms with van der Waals surface area (Å²) in [5.74, 6) is -0.580. The van der Waals surface area contributed by atoms with Gasteiger partial charge in [-0.3, -0.25) is 4.79 Å². The first-order valence-corrected chi connectivity index (χ1v) is 13.4. The second kappa shape index (κ2) is 16.4. The molecule has 0 fully saturated rings. The Bertz CT molecular complexity index is 933. The Labute approximate surface area is 224 Å². The third-order valence-electron chi connectivity index (χ3n) is 6.88. The number of carbonyl (C=O) groups excluding carboxylic acids is 2. The number of ether oxygens (including phenoxy) is 1. The summed E-state index contributed by atoms with van der Waals surface area (Å²) in [4.78, 5) is 24.4. The minimum atomic E-state index is -0.726. The van der Waals surface area contributed by atoms with Gasteiger partial charge in [-0.15, -0.1) is 0 Å². The molecule has 1 heterocycles. The lowest BCUT2D eigenvalue weighted by atomic mass is 9.83. The van der Waals surface area contributed by atoms with Crippen LogP contribution in [0.1, 0.15) is 68.2 Å². The van der Waals surface area contributed by atoms with Crippen molar-refractivity contribution in [3.8, 4) is 0 Å². The summed E-state index contributed by atoms with van der Waals surface area (Å²) >= 11 is 0. The zero-order chi connectivity index (χ0) is 28.1. The van der Waals surface area contributed by atoms with Crippen molar-refractivity contribution in [3.63, 3.8) is 0 Å². The zero-order valence-corrected chi connectivity index (χ0v) is 24.0. The molecule has 5 heteroatoms. The summed E-state index contributed by atoms with van der Waals surface area (Å²) in [6.07, 6.45) is 17.9. The molecule has 0 aromatic carbocycles. The van der Waals surface area contributed by atoms with E-state index in [2.05, 4.69) is 19.1 Å². The molecule has 0 radical (unpaired) electrons. The van der Waals surface area contributed by atoms with E-state index in [9.17, 15) is 14.7 Å². The van der Waals surface area contributed by atoms with Crippen molar-refractivity contribution >= 4 is 11.8 Å². The van der Waals surface area contributed by atoms with Crippen LogP contribution >= 0.6 is 0 Å². The molecular weight excluding hydrogens is 464 g/mol. The minimum absolute atomic E-state index is 0.0140. The quantitative estimate of drug-likeness (QED) is 0.162. The summed E-state index contributed by atoms with van der Waals surface area (Å²) in [5, 5.41) is 19.7. The van der Waals surface area contributed by atoms with Crippen molar-refractivity contribution in [2.24, 2.45) is 29.6 Å². The number of aliphatic hydroxyl groups excluding tert-OH is 2. The Kier molecular flexibility index (Phi) is 14.4. The maximum absolute atomic E-state index is 12.9. The van der Waals surface area contributed by atoms with E-state index in [0.29, 0.717) is 12.3 Å². The lowest BCUT2D eigenvalue weighted by Crippen LogP contribution is -2.34. The number of rotatable bonds is 14. The van der Waals surface area contributed by atoms with Crippen molar-refractivity contribution in [1.82, 2.24) is 0 Å². The van der Waals surface area contributed by atoms with Crippen LogP contribution in [-0.2, 0) is 14.3 Å². The molecule has 0 aromatic heterocycles. The molecule has 206 valence electrons. The first-order chi connectivity index (χ1) is 17.3. The Hall–Kier alpha value is -2.50. The fourth-order valence-corrected chi connectivity index (χ4v) is 4.60. The van der Waals surface area contributed by atoms with E-state index < -0.39 is 12.0 Å². The van der Waals surface area contributed by atoms with Crippen molar-refractivity contribution in [1.29, 1.82) is 0 Å². The van der Waals surface area contributed by atoms with Gasteiger partial charge in [0.1, 0.15) is 11.9 Å². The SMILES string of the molecule is CC(/C=C/C1OC(=O)C=CC1C)=C\C(C)C/C=C/C(C)=C/C(C)C(=O)C(C)C(O)C(C)C/C(C)=C/CO. The molecule has 2 N–H and O–H groups in total. The molecule has 0 spiro atoms. The Balaban J connectivity index is 2.62. The van der Waals surface area contributed by atoms with E-state index in [1.165, 1.54) is 6.08 Å². The highest BCUT2D eigenvalue weighted by atomic mass is 16.5. The van der Waals surface area contributed by atoms with Crippen molar-refractivity contribution in [2.75, 3.05) is 6.61 Å². The van der Waals surface area contributed by atoms with Crippen molar-refractivity contribution in [3.05, 3.63) is 71.4 Å². The third-order valence-corrected chi connectivity index (χ3v) is 6.88. The molecule has 1 aliphatic heterocycles. The highest BCUT2D eigenvalue weighted by Crippen LogP contribution is 2.24. The van der Waals surface area contributed by atoms with Gasteiger partial charge >= 0.3 is 5.97 Å². The molecule has 37 heavy (non-hydrogen) atoms. The smallest absolute Gasteiger partial charge is 0.331 e. The number of esters is 1. The van der Waals surface area contributed by atoms with E-state index in [1.807, 2.05) is 71.9 Å². The number of hydrogen-bond donors (Lipinski definition) is 2. The van der Waals surface area contributed by atoms with Crippen molar-refractivity contribution in [2.45, 2.75) is 80.4 Å². The summed E-state index contributed by atoms with van der Waals surface area (Å²) in [6.45, 7) is 15.7. The number of Topliss-reactive ketones (excluding diaryl/α,β-unsaturated/α-hetero) is 1. The predicted octanol–water partition coefficient (Wildman–Crippen LogP) is 6.30. The average molecular weight is 513 g/mol. The fourth-order valence-electron chi connectivity index (χ4n) is 4.60. The van der Waals surface area contributed by atoms with Gasteiger partial charge in [0.2, 0.25) is 0 Å². The Morgan fingerprint density at radius 2 is 1.73 bits per heavy atom. The van der Waals surface area contributed by atoms with Crippen LogP contribution in [0.15, 0.2) is 71.4 Å². The van der Waals surface area contributed by atoms with E-state index in [-0.39, 0.29) is 42.2 Å². The summed E-state index contributed by atoms with van der Waals surface area (Å²) < 4.78 is 5.35. The first kappa shape index (κ1) is 32.5. The number of hydrogen-bond acceptors (Lipinski definition) is 5. The number of ketones is 1. The molecule has 1 aliphatic rings. The molecule has 7 atom stereocenters. The van der Waals surface area contributed by atoms with Crippen LogP contribution in [0.4, 0.5) is 0 Å². The van der Waals surface area contributed by atoms with E-state index in [0.717, 1.165) is 23.1 Å². The molecule has 7 unspecified atom stereocenters. The van der Waals surface area contributed by atoms with Crippen LogP contribution in [0, 0.1) is 29.6 Å². The number of carbonyl (C=O) groups is 2. The number of allylic oxidation sites excluding steroid dienone is 8. The lowest BCUT2D eigenvalue weighted by Gasteiger charge is -2.25. The topological polar surface area (TPSA) is 83.8 Å². The highest BCUT2D eigenvalue weighted by Gasteiger charge is 2.29. The monoisotopic (exact) mass is 512 g/mol. The molecule has 0 saturated carbocycles. The van der Waals surface area contributed by atoms with Crippen LogP contribution in [0.3, 0.4) is 0 Å². The van der Waals surface area contributed by atoms with Gasteiger partial charge in [0.15, 0.2) is 0 Å². The third kappa shape index (κ3) is 12.1. The zero-order valence-electron chi connectivity index (χ0n) is 24.0. The fraction of sp³-hybridized carbons (Fsp3) is 0.562. The van der Waals surface area contributed by atoms with Crippen LogP contribution in [-0.4, -0.2) is 40.8 Å². The van der Waals surface area contributed by atoms with Crippen LogP contribution in [0.25, 0.3) is 0 Å². The van der Waals surface area contributed by atoms with Crippen LogP contribution in [0.5, 0.6) is 0 Å². The second-order valence-corrected chi connectivity index (χ2v) is 10.8. The Morgan fingerprint density at radius 1 is 1.08 bits per heavy atom. The van der Waals surface area contributed by atoms with Crippen LogP contribution < -0.4 is 0 Å². The largest absolute Gasteiger partial charge is 0.454 e. The van der Waals surface area contributed by atoms with Crippen molar-refractivity contribution < 1.29 is 24.5 Å². The molecular formula is C32H48O5. The normalized spacial score (nSPS) is 23.7. The molecule has 5 nitrogen and oxygen atoms in total. The molecule has 0 saturated heterocycles. The molecule has 0 aliphatic carbocycles. The van der Waals surface area contributed by atoms with Gasteiger partial charge in [0.05, 0.1) is 12.7 Å². The van der Waals surface area contributed by atoms with E-state index >= 15 is 0 Å². The molecule has 0 amide bonds. The first-order valence-electron chi connectivity index (χ1n) is 13.4. The maximum Gasteiger partial charge on any atom is 0.331 e. The van der Waals surface area contributed by atoms with Gasteiger partial charge in [-0.2, -0.15) is 0 Å². The van der Waals surface area contributed by atoms with E-state index in [4.69, 9.17) is 9.84 Å². The van der Waals surface area contributed by atoms with Gasteiger partial charge < -0.3 is 14.9 Å².